The van der Waals surface area contributed by atoms with Gasteiger partial charge in [-0.05, 0) is 28.9 Å². The Hall–Kier alpha value is -1.16. The Bertz CT molecular complexity index is 491. The molecule has 0 fully saturated rings. The minimum atomic E-state index is -0.235. The molecule has 0 bridgehead atoms. The van der Waals surface area contributed by atoms with Crippen molar-refractivity contribution < 1.29 is 4.39 Å². The highest BCUT2D eigenvalue weighted by molar-refractivity contribution is 9.10. The second kappa shape index (κ2) is 4.14. The minimum Gasteiger partial charge on any atom is -0.370 e. The quantitative estimate of drug-likeness (QED) is 0.901. The SMILES string of the molecule is CCNc1ncc(Br)c2c(F)cccc12. The topological polar surface area (TPSA) is 24.9 Å². The van der Waals surface area contributed by atoms with Crippen molar-refractivity contribution >= 4 is 32.5 Å². The summed E-state index contributed by atoms with van der Waals surface area (Å²) in [4.78, 5) is 4.21. The smallest absolute Gasteiger partial charge is 0.133 e. The van der Waals surface area contributed by atoms with E-state index in [9.17, 15) is 4.39 Å². The second-order valence-corrected chi connectivity index (χ2v) is 4.00. The highest BCUT2D eigenvalue weighted by Gasteiger charge is 2.08. The first kappa shape index (κ1) is 10.4. The lowest BCUT2D eigenvalue weighted by molar-refractivity contribution is 0.639. The van der Waals surface area contributed by atoms with Gasteiger partial charge < -0.3 is 5.32 Å². The Morgan fingerprint density at radius 1 is 1.47 bits per heavy atom. The molecular formula is C11H10BrFN2. The van der Waals surface area contributed by atoms with Gasteiger partial charge in [0.05, 0.1) is 0 Å². The van der Waals surface area contributed by atoms with Gasteiger partial charge in [0.2, 0.25) is 0 Å². The van der Waals surface area contributed by atoms with E-state index >= 15 is 0 Å². The highest BCUT2D eigenvalue weighted by Crippen LogP contribution is 2.29. The summed E-state index contributed by atoms with van der Waals surface area (Å²) >= 11 is 3.30. The van der Waals surface area contributed by atoms with E-state index < -0.39 is 0 Å². The fourth-order valence-electron chi connectivity index (χ4n) is 1.53. The summed E-state index contributed by atoms with van der Waals surface area (Å²) in [6.07, 6.45) is 1.61. The molecule has 1 aromatic heterocycles. The van der Waals surface area contributed by atoms with Crippen LogP contribution in [-0.2, 0) is 0 Å². The van der Waals surface area contributed by atoms with Gasteiger partial charge in [-0.3, -0.25) is 0 Å². The third kappa shape index (κ3) is 1.81. The molecule has 0 aliphatic heterocycles. The predicted octanol–water partition coefficient (Wildman–Crippen LogP) is 3.57. The lowest BCUT2D eigenvalue weighted by Gasteiger charge is -2.08. The summed E-state index contributed by atoms with van der Waals surface area (Å²) in [5, 5.41) is 4.48. The molecule has 2 aromatic rings. The number of benzene rings is 1. The van der Waals surface area contributed by atoms with Gasteiger partial charge in [0.1, 0.15) is 11.6 Å². The van der Waals surface area contributed by atoms with Crippen molar-refractivity contribution in [3.8, 4) is 0 Å². The standard InChI is InChI=1S/C11H10BrFN2/c1-2-14-11-7-4-3-5-9(13)10(7)8(12)6-15-11/h3-6H,2H2,1H3,(H,14,15). The molecule has 2 rings (SSSR count). The molecule has 0 radical (unpaired) electrons. The Morgan fingerprint density at radius 2 is 2.27 bits per heavy atom. The Morgan fingerprint density at radius 3 is 3.00 bits per heavy atom. The molecule has 15 heavy (non-hydrogen) atoms. The van der Waals surface area contributed by atoms with E-state index in [0.29, 0.717) is 9.86 Å². The van der Waals surface area contributed by atoms with Crippen LogP contribution in [0.5, 0.6) is 0 Å². The van der Waals surface area contributed by atoms with E-state index in [1.165, 1.54) is 6.07 Å². The van der Waals surface area contributed by atoms with E-state index in [-0.39, 0.29) is 5.82 Å². The van der Waals surface area contributed by atoms with E-state index in [0.717, 1.165) is 17.7 Å². The summed E-state index contributed by atoms with van der Waals surface area (Å²) < 4.78 is 14.3. The maximum absolute atomic E-state index is 13.6. The lowest BCUT2D eigenvalue weighted by atomic mass is 10.1. The van der Waals surface area contributed by atoms with Crippen LogP contribution in [0.3, 0.4) is 0 Å². The van der Waals surface area contributed by atoms with Crippen LogP contribution in [0.4, 0.5) is 10.2 Å². The molecule has 1 aromatic carbocycles. The van der Waals surface area contributed by atoms with Gasteiger partial charge in [-0.1, -0.05) is 12.1 Å². The van der Waals surface area contributed by atoms with E-state index in [2.05, 4.69) is 26.2 Å². The van der Waals surface area contributed by atoms with Crippen molar-refractivity contribution in [2.45, 2.75) is 6.92 Å². The van der Waals surface area contributed by atoms with Gasteiger partial charge in [0.25, 0.3) is 0 Å². The molecule has 2 nitrogen and oxygen atoms in total. The number of rotatable bonds is 2. The number of pyridine rings is 1. The summed E-state index contributed by atoms with van der Waals surface area (Å²) in [5.41, 5.74) is 0. The number of hydrogen-bond donors (Lipinski definition) is 1. The minimum absolute atomic E-state index is 0.235. The molecule has 0 aliphatic rings. The zero-order chi connectivity index (χ0) is 10.8. The van der Waals surface area contributed by atoms with Gasteiger partial charge in [0.15, 0.2) is 0 Å². The van der Waals surface area contributed by atoms with Crippen molar-refractivity contribution in [3.05, 3.63) is 34.7 Å². The van der Waals surface area contributed by atoms with Crippen molar-refractivity contribution in [3.63, 3.8) is 0 Å². The lowest BCUT2D eigenvalue weighted by Crippen LogP contribution is -2.00. The monoisotopic (exact) mass is 268 g/mol. The number of nitrogens with zero attached hydrogens (tertiary/aromatic N) is 1. The maximum atomic E-state index is 13.6. The van der Waals surface area contributed by atoms with Crippen LogP contribution >= 0.6 is 15.9 Å². The fourth-order valence-corrected chi connectivity index (χ4v) is 2.03. The van der Waals surface area contributed by atoms with E-state index in [4.69, 9.17) is 0 Å². The molecular weight excluding hydrogens is 259 g/mol. The molecule has 1 heterocycles. The molecule has 0 atom stereocenters. The number of aromatic nitrogens is 1. The first-order valence-electron chi connectivity index (χ1n) is 4.70. The van der Waals surface area contributed by atoms with Crippen LogP contribution in [0.15, 0.2) is 28.9 Å². The molecule has 0 aliphatic carbocycles. The molecule has 0 spiro atoms. The summed E-state index contributed by atoms with van der Waals surface area (Å²) in [6.45, 7) is 2.75. The molecule has 0 amide bonds. The van der Waals surface area contributed by atoms with Crippen molar-refractivity contribution in [1.82, 2.24) is 4.98 Å². The highest BCUT2D eigenvalue weighted by atomic mass is 79.9. The van der Waals surface area contributed by atoms with Crippen LogP contribution in [-0.4, -0.2) is 11.5 Å². The number of nitrogens with one attached hydrogen (secondary N) is 1. The number of hydrogen-bond acceptors (Lipinski definition) is 2. The van der Waals surface area contributed by atoms with E-state index in [1.54, 1.807) is 12.3 Å². The Kier molecular flexibility index (Phi) is 2.86. The zero-order valence-corrected chi connectivity index (χ0v) is 9.81. The molecule has 78 valence electrons. The van der Waals surface area contributed by atoms with Gasteiger partial charge in [-0.15, -0.1) is 0 Å². The third-order valence-corrected chi connectivity index (χ3v) is 2.76. The van der Waals surface area contributed by atoms with Gasteiger partial charge >= 0.3 is 0 Å². The van der Waals surface area contributed by atoms with Crippen LogP contribution in [0.25, 0.3) is 10.8 Å². The van der Waals surface area contributed by atoms with Crippen molar-refractivity contribution in [2.24, 2.45) is 0 Å². The molecule has 0 saturated heterocycles. The number of anilines is 1. The van der Waals surface area contributed by atoms with Gasteiger partial charge in [0, 0.05) is 28.0 Å². The average molecular weight is 269 g/mol. The Labute approximate surface area is 95.6 Å². The Balaban J connectivity index is 2.76. The van der Waals surface area contributed by atoms with E-state index in [1.807, 2.05) is 13.0 Å². The van der Waals surface area contributed by atoms with Crippen LogP contribution in [0.1, 0.15) is 6.92 Å². The summed E-state index contributed by atoms with van der Waals surface area (Å²) in [6, 6.07) is 4.99. The summed E-state index contributed by atoms with van der Waals surface area (Å²) in [5.74, 6) is 0.483. The predicted molar refractivity (Wildman–Crippen MR) is 63.6 cm³/mol. The maximum Gasteiger partial charge on any atom is 0.133 e. The third-order valence-electron chi connectivity index (χ3n) is 2.16. The summed E-state index contributed by atoms with van der Waals surface area (Å²) in [7, 11) is 0. The molecule has 1 N–H and O–H groups in total. The van der Waals surface area contributed by atoms with Crippen LogP contribution in [0, 0.1) is 5.82 Å². The van der Waals surface area contributed by atoms with Crippen LogP contribution in [0.2, 0.25) is 0 Å². The van der Waals surface area contributed by atoms with Crippen LogP contribution < -0.4 is 5.32 Å². The first-order chi connectivity index (χ1) is 7.24. The normalized spacial score (nSPS) is 10.6. The number of halogens is 2. The van der Waals surface area contributed by atoms with Gasteiger partial charge in [-0.25, -0.2) is 9.37 Å². The average Bonchev–Trinajstić information content (AvgIpc) is 2.22. The first-order valence-corrected chi connectivity index (χ1v) is 5.50. The largest absolute Gasteiger partial charge is 0.370 e. The fraction of sp³-hybridized carbons (Fsp3) is 0.182. The molecule has 0 saturated carbocycles. The second-order valence-electron chi connectivity index (χ2n) is 3.15. The molecule has 0 unspecified atom stereocenters. The van der Waals surface area contributed by atoms with Crippen molar-refractivity contribution in [2.75, 3.05) is 11.9 Å². The number of fused-ring (bicyclic) bond motifs is 1. The van der Waals surface area contributed by atoms with Gasteiger partial charge in [-0.2, -0.15) is 0 Å². The van der Waals surface area contributed by atoms with Crippen molar-refractivity contribution in [1.29, 1.82) is 0 Å². The zero-order valence-electron chi connectivity index (χ0n) is 8.22. The molecule has 4 heteroatoms.